The summed E-state index contributed by atoms with van der Waals surface area (Å²) in [5.74, 6) is -1.40. The number of benzene rings is 1. The molecule has 1 aromatic rings. The van der Waals surface area contributed by atoms with Crippen molar-refractivity contribution in [2.45, 2.75) is 32.7 Å². The van der Waals surface area contributed by atoms with Crippen molar-refractivity contribution in [2.24, 2.45) is 0 Å². The summed E-state index contributed by atoms with van der Waals surface area (Å²) in [7, 11) is 0. The largest absolute Gasteiger partial charge is 0.452 e. The van der Waals surface area contributed by atoms with Crippen LogP contribution in [-0.2, 0) is 9.53 Å². The molecule has 0 saturated carbocycles. The summed E-state index contributed by atoms with van der Waals surface area (Å²) in [6.07, 6.45) is 1.72. The first-order chi connectivity index (χ1) is 10.3. The van der Waals surface area contributed by atoms with Crippen LogP contribution in [0.5, 0.6) is 0 Å². The molecule has 1 atom stereocenters. The van der Waals surface area contributed by atoms with Crippen LogP contribution in [0.2, 0.25) is 5.02 Å². The minimum Gasteiger partial charge on any atom is -0.452 e. The molecule has 0 spiro atoms. The molecule has 22 heavy (non-hydrogen) atoms. The molecule has 120 valence electrons. The minimum absolute atomic E-state index is 0.0268. The molecule has 0 radical (unpaired) electrons. The second-order valence-electron chi connectivity index (χ2n) is 4.75. The second kappa shape index (κ2) is 8.33. The standard InChI is InChI=1S/C14H17ClN2O5/c1-3-4-9(2)16-13(18)8-22-14(19)11-6-5-10(15)7-12(11)17(20)21/h5-7,9H,3-4,8H2,1-2H3,(H,16,18)/t9-/m0/s1. The van der Waals surface area contributed by atoms with E-state index in [1.54, 1.807) is 0 Å². The third-order valence-corrected chi connectivity index (χ3v) is 3.07. The molecule has 0 aliphatic rings. The van der Waals surface area contributed by atoms with Gasteiger partial charge in [0.1, 0.15) is 5.56 Å². The third kappa shape index (κ3) is 5.33. The number of hydrogen-bond acceptors (Lipinski definition) is 5. The monoisotopic (exact) mass is 328 g/mol. The maximum atomic E-state index is 11.8. The van der Waals surface area contributed by atoms with E-state index >= 15 is 0 Å². The Hall–Kier alpha value is -2.15. The average Bonchev–Trinajstić information content (AvgIpc) is 2.44. The lowest BCUT2D eigenvalue weighted by Crippen LogP contribution is -2.35. The second-order valence-corrected chi connectivity index (χ2v) is 5.19. The average molecular weight is 329 g/mol. The maximum absolute atomic E-state index is 11.8. The van der Waals surface area contributed by atoms with E-state index in [0.717, 1.165) is 18.9 Å². The van der Waals surface area contributed by atoms with E-state index in [1.807, 2.05) is 13.8 Å². The fourth-order valence-electron chi connectivity index (χ4n) is 1.86. The first-order valence-corrected chi connectivity index (χ1v) is 7.13. The number of halogens is 1. The molecule has 0 saturated heterocycles. The lowest BCUT2D eigenvalue weighted by molar-refractivity contribution is -0.385. The molecule has 0 aliphatic carbocycles. The van der Waals surface area contributed by atoms with Crippen molar-refractivity contribution in [3.05, 3.63) is 38.9 Å². The van der Waals surface area contributed by atoms with E-state index in [0.29, 0.717) is 0 Å². The number of esters is 1. The highest BCUT2D eigenvalue weighted by Gasteiger charge is 2.22. The Morgan fingerprint density at radius 3 is 2.73 bits per heavy atom. The Morgan fingerprint density at radius 1 is 1.45 bits per heavy atom. The molecule has 0 unspecified atom stereocenters. The Labute approximate surface area is 132 Å². The van der Waals surface area contributed by atoms with Crippen LogP contribution in [0.25, 0.3) is 0 Å². The lowest BCUT2D eigenvalue weighted by Gasteiger charge is -2.12. The fraction of sp³-hybridized carbons (Fsp3) is 0.429. The van der Waals surface area contributed by atoms with Gasteiger partial charge in [0.2, 0.25) is 0 Å². The molecular formula is C14H17ClN2O5. The summed E-state index contributed by atoms with van der Waals surface area (Å²) < 4.78 is 4.80. The van der Waals surface area contributed by atoms with Crippen LogP contribution in [0.1, 0.15) is 37.0 Å². The van der Waals surface area contributed by atoms with Gasteiger partial charge < -0.3 is 10.1 Å². The number of nitro groups is 1. The van der Waals surface area contributed by atoms with Gasteiger partial charge in [-0.25, -0.2) is 4.79 Å². The predicted octanol–water partition coefficient (Wildman–Crippen LogP) is 2.71. The predicted molar refractivity (Wildman–Crippen MR) is 80.9 cm³/mol. The number of carbonyl (C=O) groups is 2. The van der Waals surface area contributed by atoms with Crippen molar-refractivity contribution < 1.29 is 19.2 Å². The van der Waals surface area contributed by atoms with Crippen LogP contribution in [-0.4, -0.2) is 29.4 Å². The van der Waals surface area contributed by atoms with Crippen LogP contribution in [0.3, 0.4) is 0 Å². The van der Waals surface area contributed by atoms with E-state index in [9.17, 15) is 19.7 Å². The lowest BCUT2D eigenvalue weighted by atomic mass is 10.2. The number of hydrogen-bond donors (Lipinski definition) is 1. The van der Waals surface area contributed by atoms with E-state index < -0.39 is 29.1 Å². The van der Waals surface area contributed by atoms with Gasteiger partial charge in [-0.05, 0) is 25.5 Å². The first kappa shape index (κ1) is 17.9. The van der Waals surface area contributed by atoms with Gasteiger partial charge in [-0.3, -0.25) is 14.9 Å². The van der Waals surface area contributed by atoms with Crippen molar-refractivity contribution in [1.29, 1.82) is 0 Å². The highest BCUT2D eigenvalue weighted by atomic mass is 35.5. The molecule has 1 N–H and O–H groups in total. The summed E-state index contributed by atoms with van der Waals surface area (Å²) in [5, 5.41) is 13.7. The van der Waals surface area contributed by atoms with Gasteiger partial charge in [-0.15, -0.1) is 0 Å². The number of nitrogens with one attached hydrogen (secondary N) is 1. The van der Waals surface area contributed by atoms with Gasteiger partial charge in [0.25, 0.3) is 11.6 Å². The molecule has 7 nitrogen and oxygen atoms in total. The highest BCUT2D eigenvalue weighted by molar-refractivity contribution is 6.31. The third-order valence-electron chi connectivity index (χ3n) is 2.84. The van der Waals surface area contributed by atoms with Gasteiger partial charge in [-0.1, -0.05) is 24.9 Å². The number of nitrogens with zero attached hydrogens (tertiary/aromatic N) is 1. The Morgan fingerprint density at radius 2 is 2.14 bits per heavy atom. The normalized spacial score (nSPS) is 11.6. The minimum atomic E-state index is -0.943. The van der Waals surface area contributed by atoms with Crippen LogP contribution in [0.15, 0.2) is 18.2 Å². The zero-order chi connectivity index (χ0) is 16.7. The van der Waals surface area contributed by atoms with Gasteiger partial charge in [-0.2, -0.15) is 0 Å². The fourth-order valence-corrected chi connectivity index (χ4v) is 2.03. The number of nitro benzene ring substituents is 1. The van der Waals surface area contributed by atoms with E-state index in [4.69, 9.17) is 16.3 Å². The molecule has 0 aliphatic heterocycles. The Balaban J connectivity index is 2.66. The van der Waals surface area contributed by atoms with Crippen LogP contribution < -0.4 is 5.32 Å². The van der Waals surface area contributed by atoms with Crippen molar-refractivity contribution in [3.63, 3.8) is 0 Å². The Bertz CT molecular complexity index is 576. The SMILES string of the molecule is CCC[C@H](C)NC(=O)COC(=O)c1ccc(Cl)cc1[N+](=O)[O-]. The summed E-state index contributed by atoms with van der Waals surface area (Å²) in [4.78, 5) is 33.6. The number of amides is 1. The molecule has 1 rings (SSSR count). The molecule has 1 amide bonds. The number of carbonyl (C=O) groups excluding carboxylic acids is 2. The van der Waals surface area contributed by atoms with Gasteiger partial charge in [0, 0.05) is 17.1 Å². The van der Waals surface area contributed by atoms with Crippen molar-refractivity contribution in [1.82, 2.24) is 5.32 Å². The van der Waals surface area contributed by atoms with E-state index in [1.165, 1.54) is 12.1 Å². The molecule has 0 bridgehead atoms. The summed E-state index contributed by atoms with van der Waals surface area (Å²) in [5.41, 5.74) is -0.707. The highest BCUT2D eigenvalue weighted by Crippen LogP contribution is 2.23. The van der Waals surface area contributed by atoms with Gasteiger partial charge in [0.05, 0.1) is 4.92 Å². The van der Waals surface area contributed by atoms with Crippen LogP contribution >= 0.6 is 11.6 Å². The summed E-state index contributed by atoms with van der Waals surface area (Å²) in [6, 6.07) is 3.57. The molecular weight excluding hydrogens is 312 g/mol. The van der Waals surface area contributed by atoms with Crippen LogP contribution in [0.4, 0.5) is 5.69 Å². The van der Waals surface area contributed by atoms with Crippen LogP contribution in [0, 0.1) is 10.1 Å². The van der Waals surface area contributed by atoms with E-state index in [2.05, 4.69) is 5.32 Å². The van der Waals surface area contributed by atoms with Gasteiger partial charge >= 0.3 is 5.97 Å². The zero-order valence-electron chi connectivity index (χ0n) is 12.3. The maximum Gasteiger partial charge on any atom is 0.345 e. The van der Waals surface area contributed by atoms with E-state index in [-0.39, 0.29) is 16.6 Å². The quantitative estimate of drug-likeness (QED) is 0.471. The molecule has 0 heterocycles. The van der Waals surface area contributed by atoms with Crippen molar-refractivity contribution >= 4 is 29.2 Å². The molecule has 0 aromatic heterocycles. The number of rotatable bonds is 7. The topological polar surface area (TPSA) is 98.5 Å². The summed E-state index contributed by atoms with van der Waals surface area (Å²) in [6.45, 7) is 3.34. The number of ether oxygens (including phenoxy) is 1. The van der Waals surface area contributed by atoms with Crippen molar-refractivity contribution in [2.75, 3.05) is 6.61 Å². The molecule has 1 aromatic carbocycles. The van der Waals surface area contributed by atoms with Crippen molar-refractivity contribution in [3.8, 4) is 0 Å². The first-order valence-electron chi connectivity index (χ1n) is 6.75. The van der Waals surface area contributed by atoms with Gasteiger partial charge in [0.15, 0.2) is 6.61 Å². The zero-order valence-corrected chi connectivity index (χ0v) is 13.1. The summed E-state index contributed by atoms with van der Waals surface area (Å²) >= 11 is 5.66. The Kier molecular flexibility index (Phi) is 6.78. The molecule has 8 heteroatoms. The molecule has 0 fully saturated rings. The smallest absolute Gasteiger partial charge is 0.345 e.